The van der Waals surface area contributed by atoms with E-state index in [4.69, 9.17) is 0 Å². The molecule has 0 aromatic heterocycles. The molecule has 1 saturated heterocycles. The van der Waals surface area contributed by atoms with Gasteiger partial charge in [0.15, 0.2) is 0 Å². The Labute approximate surface area is 172 Å². The molecule has 2 fully saturated rings. The first-order valence-corrected chi connectivity index (χ1v) is 10.5. The fraction of sp³-hybridized carbons (Fsp3) is 0.417. The van der Waals surface area contributed by atoms with E-state index in [0.29, 0.717) is 12.3 Å². The predicted octanol–water partition coefficient (Wildman–Crippen LogP) is 3.73. The van der Waals surface area contributed by atoms with Gasteiger partial charge in [0.05, 0.1) is 11.8 Å². The smallest absolute Gasteiger partial charge is 0.228 e. The van der Waals surface area contributed by atoms with E-state index in [1.807, 2.05) is 47.4 Å². The van der Waals surface area contributed by atoms with Crippen LogP contribution in [0.5, 0.6) is 0 Å². The summed E-state index contributed by atoms with van der Waals surface area (Å²) in [6, 6.07) is 18.2. The van der Waals surface area contributed by atoms with Crippen LogP contribution in [0.4, 0.5) is 11.4 Å². The van der Waals surface area contributed by atoms with Crippen molar-refractivity contribution in [3.63, 3.8) is 0 Å². The zero-order valence-corrected chi connectivity index (χ0v) is 17.2. The zero-order chi connectivity index (χ0) is 20.4. The van der Waals surface area contributed by atoms with Crippen molar-refractivity contribution in [2.24, 2.45) is 11.8 Å². The van der Waals surface area contributed by atoms with Crippen molar-refractivity contribution in [2.75, 3.05) is 36.4 Å². The summed E-state index contributed by atoms with van der Waals surface area (Å²) < 4.78 is 0. The third-order valence-electron chi connectivity index (χ3n) is 6.00. The van der Waals surface area contributed by atoms with Crippen LogP contribution in [0.2, 0.25) is 0 Å². The molecule has 29 heavy (non-hydrogen) atoms. The van der Waals surface area contributed by atoms with Crippen LogP contribution in [0.3, 0.4) is 0 Å². The molecule has 1 aliphatic heterocycles. The Bertz CT molecular complexity index is 873. The van der Waals surface area contributed by atoms with E-state index < -0.39 is 0 Å². The fourth-order valence-corrected chi connectivity index (χ4v) is 4.16. The van der Waals surface area contributed by atoms with Gasteiger partial charge in [0.2, 0.25) is 11.8 Å². The van der Waals surface area contributed by atoms with Crippen LogP contribution in [0.1, 0.15) is 31.7 Å². The summed E-state index contributed by atoms with van der Waals surface area (Å²) in [4.78, 5) is 29.8. The molecule has 0 spiro atoms. The normalized spacial score (nSPS) is 21.2. The van der Waals surface area contributed by atoms with Crippen LogP contribution in [-0.4, -0.2) is 42.9 Å². The van der Waals surface area contributed by atoms with Gasteiger partial charge in [-0.05, 0) is 36.1 Å². The van der Waals surface area contributed by atoms with Gasteiger partial charge in [-0.3, -0.25) is 9.59 Å². The maximum Gasteiger partial charge on any atom is 0.228 e. The number of hydrogen-bond acceptors (Lipinski definition) is 3. The largest absolute Gasteiger partial charge is 0.368 e. The third kappa shape index (κ3) is 4.29. The summed E-state index contributed by atoms with van der Waals surface area (Å²) in [7, 11) is 0. The Hall–Kier alpha value is -2.82. The van der Waals surface area contributed by atoms with Crippen LogP contribution in [-0.2, 0) is 9.59 Å². The maximum absolute atomic E-state index is 12.9. The molecule has 2 unspecified atom stereocenters. The predicted molar refractivity (Wildman–Crippen MR) is 116 cm³/mol. The van der Waals surface area contributed by atoms with E-state index in [2.05, 4.69) is 36.2 Å². The van der Waals surface area contributed by atoms with Crippen LogP contribution >= 0.6 is 0 Å². The molecular weight excluding hydrogens is 362 g/mol. The molecule has 5 heteroatoms. The number of nitrogens with one attached hydrogen (secondary N) is 1. The first kappa shape index (κ1) is 19.5. The highest BCUT2D eigenvalue weighted by molar-refractivity contribution is 6.00. The summed E-state index contributed by atoms with van der Waals surface area (Å²) in [5, 5.41) is 3.05. The van der Waals surface area contributed by atoms with E-state index in [-0.39, 0.29) is 23.7 Å². The summed E-state index contributed by atoms with van der Waals surface area (Å²) in [6.07, 6.45) is 0.660. The molecule has 4 rings (SSSR count). The van der Waals surface area contributed by atoms with Crippen molar-refractivity contribution in [3.8, 4) is 0 Å². The lowest BCUT2D eigenvalue weighted by atomic mass is 10.0. The molecule has 1 aliphatic carbocycles. The second-order valence-electron chi connectivity index (χ2n) is 8.33. The lowest BCUT2D eigenvalue weighted by molar-refractivity contribution is -0.134. The molecule has 152 valence electrons. The minimum atomic E-state index is -0.199. The molecule has 2 atom stereocenters. The summed E-state index contributed by atoms with van der Waals surface area (Å²) in [5.41, 5.74) is 3.19. The van der Waals surface area contributed by atoms with E-state index in [1.54, 1.807) is 0 Å². The molecule has 2 amide bonds. The van der Waals surface area contributed by atoms with E-state index in [9.17, 15) is 9.59 Å². The first-order chi connectivity index (χ1) is 14.0. The van der Waals surface area contributed by atoms with Gasteiger partial charge in [-0.25, -0.2) is 0 Å². The van der Waals surface area contributed by atoms with Crippen LogP contribution in [0.25, 0.3) is 0 Å². The van der Waals surface area contributed by atoms with Crippen molar-refractivity contribution >= 4 is 23.2 Å². The number of para-hydroxylation sites is 2. The number of anilines is 2. The summed E-state index contributed by atoms with van der Waals surface area (Å²) >= 11 is 0. The number of rotatable bonds is 5. The van der Waals surface area contributed by atoms with Crippen molar-refractivity contribution in [2.45, 2.75) is 26.2 Å². The van der Waals surface area contributed by atoms with Crippen LogP contribution < -0.4 is 10.2 Å². The minimum Gasteiger partial charge on any atom is -0.368 e. The molecule has 0 radical (unpaired) electrons. The highest BCUT2D eigenvalue weighted by Gasteiger charge is 2.49. The van der Waals surface area contributed by atoms with Gasteiger partial charge in [0.1, 0.15) is 0 Å². The lowest BCUT2D eigenvalue weighted by Crippen LogP contribution is -2.49. The average Bonchev–Trinajstić information content (AvgIpc) is 3.55. The van der Waals surface area contributed by atoms with Crippen molar-refractivity contribution in [3.05, 3.63) is 60.2 Å². The van der Waals surface area contributed by atoms with E-state index in [0.717, 1.165) is 37.4 Å². The highest BCUT2D eigenvalue weighted by Crippen LogP contribution is 2.41. The van der Waals surface area contributed by atoms with Crippen molar-refractivity contribution in [1.82, 2.24) is 4.90 Å². The van der Waals surface area contributed by atoms with Crippen molar-refractivity contribution in [1.29, 1.82) is 0 Å². The van der Waals surface area contributed by atoms with Gasteiger partial charge in [-0.15, -0.1) is 0 Å². The fourth-order valence-electron chi connectivity index (χ4n) is 4.16. The Morgan fingerprint density at radius 2 is 1.55 bits per heavy atom. The van der Waals surface area contributed by atoms with Gasteiger partial charge in [0, 0.05) is 37.6 Å². The molecule has 2 aromatic rings. The highest BCUT2D eigenvalue weighted by atomic mass is 16.2. The quantitative estimate of drug-likeness (QED) is 0.845. The van der Waals surface area contributed by atoms with Crippen LogP contribution in [0, 0.1) is 11.8 Å². The number of benzene rings is 2. The van der Waals surface area contributed by atoms with E-state index in [1.165, 1.54) is 5.69 Å². The Morgan fingerprint density at radius 1 is 0.897 bits per heavy atom. The zero-order valence-electron chi connectivity index (χ0n) is 17.2. The number of hydrogen-bond donors (Lipinski definition) is 1. The molecular formula is C24H29N3O2. The lowest BCUT2D eigenvalue weighted by Gasteiger charge is -2.36. The molecule has 2 aromatic carbocycles. The number of carbonyl (C=O) groups excluding carboxylic acids is 2. The second-order valence-corrected chi connectivity index (χ2v) is 8.33. The topological polar surface area (TPSA) is 52.7 Å². The second kappa shape index (κ2) is 8.27. The van der Waals surface area contributed by atoms with Gasteiger partial charge < -0.3 is 15.1 Å². The molecule has 1 N–H and O–H groups in total. The van der Waals surface area contributed by atoms with Crippen molar-refractivity contribution < 1.29 is 9.59 Å². The minimum absolute atomic E-state index is 0.0284. The van der Waals surface area contributed by atoms with E-state index >= 15 is 0 Å². The van der Waals surface area contributed by atoms with Gasteiger partial charge in [-0.2, -0.15) is 0 Å². The van der Waals surface area contributed by atoms with Gasteiger partial charge in [0.25, 0.3) is 0 Å². The standard InChI is InChI=1S/C24H29N3O2/c1-17(2)19-10-6-7-11-22(19)25-23(28)20-16-21(20)24(29)27-14-12-26(13-15-27)18-8-4-3-5-9-18/h3-11,17,20-21H,12-16H2,1-2H3,(H,25,28). The Balaban J connectivity index is 1.30. The summed E-state index contributed by atoms with van der Waals surface area (Å²) in [5.74, 6) is 0.0813. The Kier molecular flexibility index (Phi) is 5.56. The van der Waals surface area contributed by atoms with Gasteiger partial charge in [-0.1, -0.05) is 50.2 Å². The van der Waals surface area contributed by atoms with Crippen LogP contribution in [0.15, 0.2) is 54.6 Å². The Morgan fingerprint density at radius 3 is 2.24 bits per heavy atom. The SMILES string of the molecule is CC(C)c1ccccc1NC(=O)C1CC1C(=O)N1CCN(c2ccccc2)CC1. The number of amides is 2. The molecule has 1 saturated carbocycles. The first-order valence-electron chi connectivity index (χ1n) is 10.5. The number of carbonyl (C=O) groups is 2. The summed E-state index contributed by atoms with van der Waals surface area (Å²) in [6.45, 7) is 7.33. The molecule has 0 bridgehead atoms. The van der Waals surface area contributed by atoms with Gasteiger partial charge >= 0.3 is 0 Å². The third-order valence-corrected chi connectivity index (χ3v) is 6.00. The number of piperazine rings is 1. The average molecular weight is 392 g/mol. The monoisotopic (exact) mass is 391 g/mol. The number of nitrogens with zero attached hydrogens (tertiary/aromatic N) is 2. The maximum atomic E-state index is 12.9. The molecule has 5 nitrogen and oxygen atoms in total. The molecule has 2 aliphatic rings. The molecule has 1 heterocycles.